The molecule has 0 aliphatic carbocycles. The molecule has 0 atom stereocenters. The largest absolute Gasteiger partial charge is 0.504 e. The molecule has 0 radical (unpaired) electrons. The summed E-state index contributed by atoms with van der Waals surface area (Å²) in [6.07, 6.45) is 0. The third kappa shape index (κ3) is 6.87. The molecule has 10 nitrogen and oxygen atoms in total. The van der Waals surface area contributed by atoms with Crippen molar-refractivity contribution >= 4 is 33.3 Å². The minimum atomic E-state index is -4.04. The fourth-order valence-corrected chi connectivity index (χ4v) is 4.21. The number of esters is 1. The standard InChI is InChI=1S/C24H25N3O7S/c1-33-22-9-8-16(10-21(22)28)14-25-19-11-17(24(30)26-15-23(29)34-2)12-20(13-19)35(31,32)27-18-6-4-3-5-7-18/h3-13,25,27-28H,14-15H2,1-2H3,(H,26,30). The van der Waals surface area contributed by atoms with Crippen LogP contribution in [0.1, 0.15) is 15.9 Å². The van der Waals surface area contributed by atoms with Gasteiger partial charge in [-0.25, -0.2) is 8.42 Å². The van der Waals surface area contributed by atoms with Crippen LogP contribution in [0, 0.1) is 0 Å². The molecule has 0 fully saturated rings. The first-order valence-corrected chi connectivity index (χ1v) is 11.9. The van der Waals surface area contributed by atoms with Crippen LogP contribution in [0.5, 0.6) is 11.5 Å². The number of ether oxygens (including phenoxy) is 2. The molecular weight excluding hydrogens is 474 g/mol. The molecular formula is C24H25N3O7S. The summed E-state index contributed by atoms with van der Waals surface area (Å²) in [5.41, 5.74) is 1.40. The van der Waals surface area contributed by atoms with Crippen LogP contribution in [0.4, 0.5) is 11.4 Å². The molecule has 0 aliphatic heterocycles. The lowest BCUT2D eigenvalue weighted by atomic mass is 10.1. The van der Waals surface area contributed by atoms with Gasteiger partial charge in [0.1, 0.15) is 6.54 Å². The first kappa shape index (κ1) is 25.4. The van der Waals surface area contributed by atoms with Crippen molar-refractivity contribution in [1.29, 1.82) is 0 Å². The highest BCUT2D eigenvalue weighted by Gasteiger charge is 2.19. The second-order valence-corrected chi connectivity index (χ2v) is 9.02. The SMILES string of the molecule is COC(=O)CNC(=O)c1cc(NCc2ccc(OC)c(O)c2)cc(S(=O)(=O)Nc2ccccc2)c1. The summed E-state index contributed by atoms with van der Waals surface area (Å²) in [5, 5.41) is 15.4. The van der Waals surface area contributed by atoms with Crippen LogP contribution in [0.25, 0.3) is 0 Å². The lowest BCUT2D eigenvalue weighted by molar-refractivity contribution is -0.139. The molecule has 184 valence electrons. The van der Waals surface area contributed by atoms with E-state index in [-0.39, 0.29) is 29.3 Å². The first-order valence-electron chi connectivity index (χ1n) is 10.4. The topological polar surface area (TPSA) is 143 Å². The van der Waals surface area contributed by atoms with Crippen LogP contribution >= 0.6 is 0 Å². The maximum atomic E-state index is 13.0. The minimum absolute atomic E-state index is 0.0184. The quantitative estimate of drug-likeness (QED) is 0.312. The van der Waals surface area contributed by atoms with Crippen molar-refractivity contribution < 1.29 is 32.6 Å². The van der Waals surface area contributed by atoms with Gasteiger partial charge in [0.2, 0.25) is 0 Å². The van der Waals surface area contributed by atoms with Gasteiger partial charge in [0.05, 0.1) is 19.1 Å². The fourth-order valence-electron chi connectivity index (χ4n) is 3.08. The Balaban J connectivity index is 1.90. The highest BCUT2D eigenvalue weighted by atomic mass is 32.2. The van der Waals surface area contributed by atoms with Gasteiger partial charge in [0.25, 0.3) is 15.9 Å². The van der Waals surface area contributed by atoms with E-state index in [0.717, 1.165) is 0 Å². The van der Waals surface area contributed by atoms with E-state index >= 15 is 0 Å². The number of methoxy groups -OCH3 is 2. The van der Waals surface area contributed by atoms with Gasteiger partial charge < -0.3 is 25.2 Å². The Morgan fingerprint density at radius 2 is 1.69 bits per heavy atom. The zero-order chi connectivity index (χ0) is 25.4. The molecule has 0 spiro atoms. The number of carbonyl (C=O) groups is 2. The highest BCUT2D eigenvalue weighted by Crippen LogP contribution is 2.27. The van der Waals surface area contributed by atoms with Crippen molar-refractivity contribution in [2.75, 3.05) is 30.8 Å². The molecule has 11 heteroatoms. The van der Waals surface area contributed by atoms with E-state index in [9.17, 15) is 23.1 Å². The number of hydrogen-bond acceptors (Lipinski definition) is 8. The normalized spacial score (nSPS) is 10.8. The summed E-state index contributed by atoms with van der Waals surface area (Å²) in [6, 6.07) is 17.2. The van der Waals surface area contributed by atoms with Crippen LogP contribution in [0.15, 0.2) is 71.6 Å². The number of carbonyl (C=O) groups excluding carboxylic acids is 2. The van der Waals surface area contributed by atoms with Crippen LogP contribution < -0.4 is 20.1 Å². The monoisotopic (exact) mass is 499 g/mol. The lowest BCUT2D eigenvalue weighted by Crippen LogP contribution is -2.30. The predicted molar refractivity (Wildman–Crippen MR) is 130 cm³/mol. The number of phenolic OH excluding ortho intramolecular Hbond substituents is 1. The maximum Gasteiger partial charge on any atom is 0.325 e. The van der Waals surface area contributed by atoms with E-state index in [0.29, 0.717) is 22.7 Å². The minimum Gasteiger partial charge on any atom is -0.504 e. The Hall–Kier alpha value is -4.25. The molecule has 0 heterocycles. The van der Waals surface area contributed by atoms with Gasteiger partial charge in [-0.3, -0.25) is 14.3 Å². The van der Waals surface area contributed by atoms with Crippen LogP contribution in [0.3, 0.4) is 0 Å². The van der Waals surface area contributed by atoms with Crippen LogP contribution in [-0.2, 0) is 26.1 Å². The number of amides is 1. The van der Waals surface area contributed by atoms with Gasteiger partial charge in [0, 0.05) is 23.5 Å². The molecule has 3 aromatic carbocycles. The third-order valence-electron chi connectivity index (χ3n) is 4.87. The summed E-state index contributed by atoms with van der Waals surface area (Å²) >= 11 is 0. The van der Waals surface area contributed by atoms with Crippen molar-refractivity contribution in [3.63, 3.8) is 0 Å². The van der Waals surface area contributed by atoms with Crippen molar-refractivity contribution in [3.05, 3.63) is 77.9 Å². The van der Waals surface area contributed by atoms with Crippen molar-refractivity contribution in [3.8, 4) is 11.5 Å². The number of anilines is 2. The molecule has 4 N–H and O–H groups in total. The molecule has 0 aliphatic rings. The van der Waals surface area contributed by atoms with Crippen LogP contribution in [-0.4, -0.2) is 46.2 Å². The van der Waals surface area contributed by atoms with Gasteiger partial charge in [-0.05, 0) is 48.0 Å². The molecule has 1 amide bonds. The number of phenols is 1. The Bertz CT molecular complexity index is 1310. The second-order valence-electron chi connectivity index (χ2n) is 7.34. The average Bonchev–Trinajstić information content (AvgIpc) is 2.86. The summed E-state index contributed by atoms with van der Waals surface area (Å²) in [5.74, 6) is -1.03. The summed E-state index contributed by atoms with van der Waals surface area (Å²) in [7, 11) is -1.41. The van der Waals surface area contributed by atoms with E-state index in [4.69, 9.17) is 4.74 Å². The number of nitrogens with one attached hydrogen (secondary N) is 3. The Morgan fingerprint density at radius 3 is 2.34 bits per heavy atom. The van der Waals surface area contributed by atoms with Gasteiger partial charge >= 0.3 is 5.97 Å². The van der Waals surface area contributed by atoms with E-state index < -0.39 is 21.9 Å². The number of para-hydroxylation sites is 1. The van der Waals surface area contributed by atoms with Gasteiger partial charge in [0.15, 0.2) is 11.5 Å². The number of rotatable bonds is 10. The summed E-state index contributed by atoms with van der Waals surface area (Å²) in [6.45, 7) is -0.154. The first-order chi connectivity index (χ1) is 16.7. The van der Waals surface area contributed by atoms with Crippen LogP contribution in [0.2, 0.25) is 0 Å². The Morgan fingerprint density at radius 1 is 0.943 bits per heavy atom. The number of hydrogen-bond donors (Lipinski definition) is 4. The second kappa shape index (κ2) is 11.3. The zero-order valence-electron chi connectivity index (χ0n) is 19.1. The molecule has 0 unspecified atom stereocenters. The van der Waals surface area contributed by atoms with E-state index in [2.05, 4.69) is 20.1 Å². The molecule has 0 aromatic heterocycles. The Labute approximate surface area is 202 Å². The molecule has 0 saturated carbocycles. The maximum absolute atomic E-state index is 13.0. The summed E-state index contributed by atoms with van der Waals surface area (Å²) in [4.78, 5) is 23.9. The Kier molecular flexibility index (Phi) is 8.16. The van der Waals surface area contributed by atoms with Crippen molar-refractivity contribution in [2.45, 2.75) is 11.4 Å². The van der Waals surface area contributed by atoms with E-state index in [1.807, 2.05) is 0 Å². The molecule has 35 heavy (non-hydrogen) atoms. The predicted octanol–water partition coefficient (Wildman–Crippen LogP) is 2.72. The van der Waals surface area contributed by atoms with Crippen molar-refractivity contribution in [1.82, 2.24) is 5.32 Å². The molecule has 0 bridgehead atoms. The number of aromatic hydroxyl groups is 1. The fraction of sp³-hybridized carbons (Fsp3) is 0.167. The van der Waals surface area contributed by atoms with Gasteiger partial charge in [-0.15, -0.1) is 0 Å². The smallest absolute Gasteiger partial charge is 0.325 e. The van der Waals surface area contributed by atoms with Gasteiger partial charge in [-0.2, -0.15) is 0 Å². The van der Waals surface area contributed by atoms with E-state index in [1.54, 1.807) is 42.5 Å². The third-order valence-corrected chi connectivity index (χ3v) is 6.23. The number of sulfonamides is 1. The average molecular weight is 500 g/mol. The number of benzene rings is 3. The zero-order valence-corrected chi connectivity index (χ0v) is 19.9. The van der Waals surface area contributed by atoms with E-state index in [1.165, 1.54) is 38.5 Å². The van der Waals surface area contributed by atoms with Crippen molar-refractivity contribution in [2.24, 2.45) is 0 Å². The molecule has 3 rings (SSSR count). The summed E-state index contributed by atoms with van der Waals surface area (Å²) < 4.78 is 38.1. The molecule has 3 aromatic rings. The lowest BCUT2D eigenvalue weighted by Gasteiger charge is -2.14. The molecule has 0 saturated heterocycles. The van der Waals surface area contributed by atoms with Gasteiger partial charge in [-0.1, -0.05) is 24.3 Å². The highest BCUT2D eigenvalue weighted by molar-refractivity contribution is 7.92.